The Morgan fingerprint density at radius 2 is 2.29 bits per heavy atom. The molecule has 0 saturated heterocycles. The Bertz CT molecular complexity index is 488. The van der Waals surface area contributed by atoms with E-state index in [2.05, 4.69) is 20.7 Å². The molecule has 7 nitrogen and oxygen atoms in total. The topological polar surface area (TPSA) is 102 Å². The summed E-state index contributed by atoms with van der Waals surface area (Å²) < 4.78 is 5.47. The van der Waals surface area contributed by atoms with E-state index in [9.17, 15) is 4.79 Å². The summed E-state index contributed by atoms with van der Waals surface area (Å²) in [5, 5.41) is 2.78. The molecule has 1 aromatic heterocycles. The fourth-order valence-electron chi connectivity index (χ4n) is 1.81. The van der Waals surface area contributed by atoms with Crippen molar-refractivity contribution in [3.8, 4) is 0 Å². The van der Waals surface area contributed by atoms with Crippen LogP contribution in [0.25, 0.3) is 0 Å². The van der Waals surface area contributed by atoms with Crippen LogP contribution in [-0.4, -0.2) is 35.6 Å². The first-order valence-corrected chi connectivity index (χ1v) is 7.31. The van der Waals surface area contributed by atoms with Crippen molar-refractivity contribution in [3.05, 3.63) is 17.7 Å². The molecule has 1 fully saturated rings. The molecule has 116 valence electrons. The summed E-state index contributed by atoms with van der Waals surface area (Å²) in [5.74, 6) is 6.61. The van der Waals surface area contributed by atoms with Crippen LogP contribution in [0.2, 0.25) is 0 Å². The molecule has 1 aliphatic rings. The third-order valence-electron chi connectivity index (χ3n) is 3.28. The van der Waals surface area contributed by atoms with Crippen molar-refractivity contribution in [1.29, 1.82) is 0 Å². The van der Waals surface area contributed by atoms with Crippen molar-refractivity contribution in [1.82, 2.24) is 15.3 Å². The molecule has 1 saturated carbocycles. The van der Waals surface area contributed by atoms with Gasteiger partial charge < -0.3 is 15.5 Å². The molecular weight excluding hydrogens is 270 g/mol. The predicted octanol–water partition coefficient (Wildman–Crippen LogP) is 1.04. The number of aromatic nitrogens is 2. The molecule has 0 radical (unpaired) electrons. The zero-order valence-corrected chi connectivity index (χ0v) is 12.6. The van der Waals surface area contributed by atoms with Crippen molar-refractivity contribution in [2.45, 2.75) is 32.6 Å². The number of hydrogen-bond donors (Lipinski definition) is 3. The van der Waals surface area contributed by atoms with Gasteiger partial charge in [0, 0.05) is 19.1 Å². The van der Waals surface area contributed by atoms with Crippen molar-refractivity contribution < 1.29 is 9.53 Å². The highest BCUT2D eigenvalue weighted by atomic mass is 16.5. The first-order chi connectivity index (χ1) is 10.1. The number of nitrogens with zero attached hydrogens (tertiary/aromatic N) is 2. The van der Waals surface area contributed by atoms with Crippen molar-refractivity contribution in [2.75, 3.05) is 25.2 Å². The van der Waals surface area contributed by atoms with E-state index in [4.69, 9.17) is 10.6 Å². The quantitative estimate of drug-likeness (QED) is 0.376. The number of anilines is 1. The second-order valence-corrected chi connectivity index (χ2v) is 5.56. The molecule has 0 spiro atoms. The van der Waals surface area contributed by atoms with Crippen LogP contribution in [0.1, 0.15) is 48.9 Å². The maximum Gasteiger partial charge on any atom is 0.272 e. The third-order valence-corrected chi connectivity index (χ3v) is 3.28. The molecule has 0 atom stereocenters. The highest BCUT2D eigenvalue weighted by molar-refractivity contribution is 5.97. The van der Waals surface area contributed by atoms with E-state index >= 15 is 0 Å². The molecule has 4 N–H and O–H groups in total. The summed E-state index contributed by atoms with van der Waals surface area (Å²) in [6, 6.07) is 0. The van der Waals surface area contributed by atoms with Crippen LogP contribution in [0, 0.1) is 5.92 Å². The Kier molecular flexibility index (Phi) is 5.46. The molecule has 1 aliphatic carbocycles. The second kappa shape index (κ2) is 7.33. The van der Waals surface area contributed by atoms with Gasteiger partial charge in [0.15, 0.2) is 5.69 Å². The van der Waals surface area contributed by atoms with Crippen LogP contribution in [0.5, 0.6) is 0 Å². The third kappa shape index (κ3) is 4.64. The minimum atomic E-state index is -0.276. The summed E-state index contributed by atoms with van der Waals surface area (Å²) in [4.78, 5) is 20.6. The van der Waals surface area contributed by atoms with Crippen molar-refractivity contribution in [2.24, 2.45) is 11.8 Å². The normalized spacial score (nSPS) is 14.3. The van der Waals surface area contributed by atoms with E-state index in [0.717, 1.165) is 12.5 Å². The van der Waals surface area contributed by atoms with Gasteiger partial charge in [0.2, 0.25) is 0 Å². The molecular formula is C14H23N5O2. The first-order valence-electron chi connectivity index (χ1n) is 7.31. The lowest BCUT2D eigenvalue weighted by Crippen LogP contribution is -2.30. The van der Waals surface area contributed by atoms with Crippen LogP contribution in [0.3, 0.4) is 0 Å². The van der Waals surface area contributed by atoms with Crippen LogP contribution in [0.4, 0.5) is 5.69 Å². The molecule has 21 heavy (non-hydrogen) atoms. The van der Waals surface area contributed by atoms with Crippen molar-refractivity contribution >= 4 is 11.6 Å². The van der Waals surface area contributed by atoms with Crippen molar-refractivity contribution in [3.63, 3.8) is 0 Å². The molecule has 0 bridgehead atoms. The Balaban J connectivity index is 1.88. The number of ether oxygens (including phenoxy) is 1. The van der Waals surface area contributed by atoms with Gasteiger partial charge >= 0.3 is 0 Å². The van der Waals surface area contributed by atoms with Gasteiger partial charge in [0.05, 0.1) is 18.5 Å². The van der Waals surface area contributed by atoms with E-state index in [0.29, 0.717) is 24.7 Å². The Labute approximate surface area is 124 Å². The molecule has 2 rings (SSSR count). The van der Waals surface area contributed by atoms with E-state index in [1.165, 1.54) is 19.0 Å². The van der Waals surface area contributed by atoms with Gasteiger partial charge in [-0.15, -0.1) is 0 Å². The lowest BCUT2D eigenvalue weighted by molar-refractivity contribution is 0.0902. The highest BCUT2D eigenvalue weighted by Gasteiger charge is 2.21. The van der Waals surface area contributed by atoms with Crippen LogP contribution >= 0.6 is 0 Å². The number of nitrogen functional groups attached to an aromatic ring is 1. The minimum absolute atomic E-state index is 0.144. The van der Waals surface area contributed by atoms with Gasteiger partial charge in [-0.05, 0) is 18.8 Å². The summed E-state index contributed by atoms with van der Waals surface area (Å²) in [6.07, 6.45) is 4.05. The van der Waals surface area contributed by atoms with E-state index in [1.807, 2.05) is 13.8 Å². The Hall–Kier alpha value is -1.73. The number of rotatable bonds is 8. The first kappa shape index (κ1) is 15.7. The predicted molar refractivity (Wildman–Crippen MR) is 79.8 cm³/mol. The molecule has 1 heterocycles. The maximum absolute atomic E-state index is 12.2. The van der Waals surface area contributed by atoms with Gasteiger partial charge in [-0.2, -0.15) is 0 Å². The summed E-state index contributed by atoms with van der Waals surface area (Å²) in [7, 11) is 0. The standard InChI is InChI=1S/C14H23N5O2/c1-9(2)13-17-7-11(19-15)12(18-13)14(20)16-5-6-21-8-10-3-4-10/h7,9-10,19H,3-6,8,15H2,1-2H3,(H,16,20). The van der Waals surface area contributed by atoms with E-state index in [1.54, 1.807) is 0 Å². The number of nitrogens with two attached hydrogens (primary N) is 1. The molecule has 7 heteroatoms. The number of hydrogen-bond acceptors (Lipinski definition) is 6. The fraction of sp³-hybridized carbons (Fsp3) is 0.643. The zero-order valence-electron chi connectivity index (χ0n) is 12.6. The number of carbonyl (C=O) groups is 1. The Morgan fingerprint density at radius 1 is 1.52 bits per heavy atom. The highest BCUT2D eigenvalue weighted by Crippen LogP contribution is 2.28. The van der Waals surface area contributed by atoms with Gasteiger partial charge in [-0.3, -0.25) is 10.6 Å². The summed E-state index contributed by atoms with van der Waals surface area (Å²) in [6.45, 7) is 5.69. The molecule has 1 aromatic rings. The molecule has 0 aliphatic heterocycles. The molecule has 1 amide bonds. The average Bonchev–Trinajstić information content (AvgIpc) is 3.30. The minimum Gasteiger partial charge on any atom is -0.379 e. The SMILES string of the molecule is CC(C)c1ncc(NN)c(C(=O)NCCOCC2CC2)n1. The van der Waals surface area contributed by atoms with Crippen LogP contribution < -0.4 is 16.6 Å². The van der Waals surface area contributed by atoms with Crippen LogP contribution in [0.15, 0.2) is 6.20 Å². The average molecular weight is 293 g/mol. The number of amides is 1. The fourth-order valence-corrected chi connectivity index (χ4v) is 1.81. The molecule has 0 unspecified atom stereocenters. The lowest BCUT2D eigenvalue weighted by atomic mass is 10.2. The molecule has 0 aromatic carbocycles. The van der Waals surface area contributed by atoms with Gasteiger partial charge in [0.25, 0.3) is 5.91 Å². The number of hydrazine groups is 1. The lowest BCUT2D eigenvalue weighted by Gasteiger charge is -2.11. The summed E-state index contributed by atoms with van der Waals surface area (Å²) >= 11 is 0. The largest absolute Gasteiger partial charge is 0.379 e. The second-order valence-electron chi connectivity index (χ2n) is 5.56. The maximum atomic E-state index is 12.2. The zero-order chi connectivity index (χ0) is 15.2. The smallest absolute Gasteiger partial charge is 0.272 e. The van der Waals surface area contributed by atoms with E-state index < -0.39 is 0 Å². The number of nitrogens with one attached hydrogen (secondary N) is 2. The number of carbonyl (C=O) groups excluding carboxylic acids is 1. The van der Waals surface area contributed by atoms with Crippen LogP contribution in [-0.2, 0) is 4.74 Å². The van der Waals surface area contributed by atoms with E-state index in [-0.39, 0.29) is 17.5 Å². The van der Waals surface area contributed by atoms with Gasteiger partial charge in [-0.1, -0.05) is 13.8 Å². The van der Waals surface area contributed by atoms with Gasteiger partial charge in [-0.25, -0.2) is 9.97 Å². The van der Waals surface area contributed by atoms with Gasteiger partial charge in [0.1, 0.15) is 5.82 Å². The monoisotopic (exact) mass is 293 g/mol. The summed E-state index contributed by atoms with van der Waals surface area (Å²) in [5.41, 5.74) is 3.13. The Morgan fingerprint density at radius 3 is 2.90 bits per heavy atom.